The van der Waals surface area contributed by atoms with Crippen LogP contribution in [0.25, 0.3) is 0 Å². The first kappa shape index (κ1) is 20.7. The molecule has 5 heteroatoms. The van der Waals surface area contributed by atoms with Gasteiger partial charge in [0.1, 0.15) is 11.6 Å². The molecule has 2 aromatic rings. The van der Waals surface area contributed by atoms with Gasteiger partial charge in [0, 0.05) is 30.3 Å². The maximum absolute atomic E-state index is 13.3. The van der Waals surface area contributed by atoms with Crippen molar-refractivity contribution in [3.8, 4) is 0 Å². The predicted octanol–water partition coefficient (Wildman–Crippen LogP) is 4.92. The average molecular weight is 421 g/mol. The second-order valence-corrected chi connectivity index (χ2v) is 10.4. The first-order chi connectivity index (χ1) is 15.0. The van der Waals surface area contributed by atoms with Crippen LogP contribution >= 0.6 is 0 Å². The van der Waals surface area contributed by atoms with Crippen LogP contribution in [0.5, 0.6) is 0 Å². The fourth-order valence-electron chi connectivity index (χ4n) is 6.20. The van der Waals surface area contributed by atoms with Crippen LogP contribution in [0, 0.1) is 19.3 Å². The molecular formula is C26H36N4O. The van der Waals surface area contributed by atoms with Gasteiger partial charge in [0.25, 0.3) is 0 Å². The number of carbonyl (C=O) groups excluding carboxylic acids is 1. The molecule has 0 spiro atoms. The molecule has 0 atom stereocenters. The molecule has 1 aliphatic heterocycles. The summed E-state index contributed by atoms with van der Waals surface area (Å²) in [5, 5.41) is 12.6. The lowest BCUT2D eigenvalue weighted by atomic mass is 9.53. The van der Waals surface area contributed by atoms with E-state index in [4.69, 9.17) is 5.10 Å². The molecule has 4 aliphatic rings. The summed E-state index contributed by atoms with van der Waals surface area (Å²) in [6, 6.07) is 6.47. The SMILES string of the molecule is Cc1ccc(CNC(=O)C23CCC(c4nnc5n4CCCCCC5)(CC2)CC3)cc1C. The molecule has 2 heterocycles. The van der Waals surface area contributed by atoms with Crippen LogP contribution in [-0.4, -0.2) is 20.7 Å². The highest BCUT2D eigenvalue weighted by Gasteiger charge is 2.54. The van der Waals surface area contributed by atoms with E-state index < -0.39 is 0 Å². The van der Waals surface area contributed by atoms with E-state index in [-0.39, 0.29) is 16.7 Å². The number of aryl methyl sites for hydroxylation is 3. The summed E-state index contributed by atoms with van der Waals surface area (Å²) in [7, 11) is 0. The fourth-order valence-corrected chi connectivity index (χ4v) is 6.20. The van der Waals surface area contributed by atoms with Crippen molar-refractivity contribution in [3.05, 3.63) is 46.5 Å². The molecule has 3 aliphatic carbocycles. The number of rotatable bonds is 4. The van der Waals surface area contributed by atoms with E-state index in [1.165, 1.54) is 54.0 Å². The second kappa shape index (κ2) is 8.07. The van der Waals surface area contributed by atoms with E-state index in [1.807, 2.05) is 0 Å². The molecule has 1 aromatic carbocycles. The minimum Gasteiger partial charge on any atom is -0.352 e. The van der Waals surface area contributed by atoms with Crippen molar-refractivity contribution in [2.45, 2.75) is 103 Å². The summed E-state index contributed by atoms with van der Waals surface area (Å²) in [4.78, 5) is 13.3. The molecule has 0 radical (unpaired) electrons. The zero-order valence-electron chi connectivity index (χ0n) is 19.2. The Hall–Kier alpha value is -2.17. The Morgan fingerprint density at radius 2 is 1.71 bits per heavy atom. The Morgan fingerprint density at radius 3 is 2.45 bits per heavy atom. The van der Waals surface area contributed by atoms with E-state index in [9.17, 15) is 4.79 Å². The van der Waals surface area contributed by atoms with Crippen molar-refractivity contribution in [1.82, 2.24) is 20.1 Å². The fraction of sp³-hybridized carbons (Fsp3) is 0.654. The standard InChI is InChI=1S/C26H36N4O/c1-19-8-9-21(17-20(19)2)18-27-24(31)26-13-10-25(11-14-26,12-15-26)23-29-28-22-7-5-3-4-6-16-30(22)23/h8-9,17H,3-7,10-16,18H2,1-2H3,(H,27,31). The number of carbonyl (C=O) groups is 1. The van der Waals surface area contributed by atoms with Gasteiger partial charge in [0.05, 0.1) is 0 Å². The molecule has 3 fully saturated rings. The van der Waals surface area contributed by atoms with Crippen molar-refractivity contribution in [1.29, 1.82) is 0 Å². The summed E-state index contributed by atoms with van der Waals surface area (Å²) < 4.78 is 2.46. The third-order valence-corrected chi connectivity index (χ3v) is 8.59. The largest absolute Gasteiger partial charge is 0.352 e. The lowest BCUT2D eigenvalue weighted by Crippen LogP contribution is -2.52. The normalized spacial score (nSPS) is 27.9. The number of aromatic nitrogens is 3. The molecule has 5 nitrogen and oxygen atoms in total. The molecule has 0 unspecified atom stereocenters. The Labute approximate surface area is 186 Å². The first-order valence-corrected chi connectivity index (χ1v) is 12.3. The molecule has 1 amide bonds. The molecule has 6 rings (SSSR count). The van der Waals surface area contributed by atoms with Crippen molar-refractivity contribution in [2.75, 3.05) is 0 Å². The zero-order valence-corrected chi connectivity index (χ0v) is 19.2. The van der Waals surface area contributed by atoms with Gasteiger partial charge in [-0.3, -0.25) is 4.79 Å². The topological polar surface area (TPSA) is 59.8 Å². The molecule has 166 valence electrons. The third-order valence-electron chi connectivity index (χ3n) is 8.59. The maximum Gasteiger partial charge on any atom is 0.226 e. The summed E-state index contributed by atoms with van der Waals surface area (Å²) >= 11 is 0. The van der Waals surface area contributed by atoms with Crippen molar-refractivity contribution in [2.24, 2.45) is 5.41 Å². The van der Waals surface area contributed by atoms with Gasteiger partial charge in [-0.1, -0.05) is 31.0 Å². The van der Waals surface area contributed by atoms with Gasteiger partial charge < -0.3 is 9.88 Å². The monoisotopic (exact) mass is 420 g/mol. The van der Waals surface area contributed by atoms with Crippen LogP contribution in [0.4, 0.5) is 0 Å². The number of nitrogens with zero attached hydrogens (tertiary/aromatic N) is 3. The smallest absolute Gasteiger partial charge is 0.226 e. The third kappa shape index (κ3) is 3.70. The quantitative estimate of drug-likeness (QED) is 0.764. The van der Waals surface area contributed by atoms with Crippen LogP contribution < -0.4 is 5.32 Å². The van der Waals surface area contributed by atoms with Gasteiger partial charge in [-0.25, -0.2) is 0 Å². The molecule has 31 heavy (non-hydrogen) atoms. The Kier molecular flexibility index (Phi) is 5.39. The lowest BCUT2D eigenvalue weighted by molar-refractivity contribution is -0.138. The molecule has 0 saturated heterocycles. The van der Waals surface area contributed by atoms with Crippen LogP contribution in [0.1, 0.15) is 92.5 Å². The molecule has 1 aromatic heterocycles. The lowest BCUT2D eigenvalue weighted by Gasteiger charge is -2.51. The molecular weight excluding hydrogens is 384 g/mol. The molecule has 1 N–H and O–H groups in total. The van der Waals surface area contributed by atoms with E-state index in [1.54, 1.807) is 0 Å². The number of amides is 1. The maximum atomic E-state index is 13.3. The van der Waals surface area contributed by atoms with Crippen LogP contribution in [0.2, 0.25) is 0 Å². The summed E-state index contributed by atoms with van der Waals surface area (Å²) in [6.07, 6.45) is 12.3. The van der Waals surface area contributed by atoms with Gasteiger partial charge in [0.2, 0.25) is 5.91 Å². The Bertz CT molecular complexity index is 951. The van der Waals surface area contributed by atoms with Gasteiger partial charge in [-0.05, 0) is 81.9 Å². The van der Waals surface area contributed by atoms with Crippen molar-refractivity contribution >= 4 is 5.91 Å². The number of nitrogens with one attached hydrogen (secondary N) is 1. The summed E-state index contributed by atoms with van der Waals surface area (Å²) in [5.74, 6) is 2.68. The number of benzene rings is 1. The highest BCUT2D eigenvalue weighted by Crippen LogP contribution is 2.57. The van der Waals surface area contributed by atoms with Crippen LogP contribution in [0.15, 0.2) is 18.2 Å². The number of hydrogen-bond donors (Lipinski definition) is 1. The van der Waals surface area contributed by atoms with E-state index in [0.29, 0.717) is 6.54 Å². The highest BCUT2D eigenvalue weighted by atomic mass is 16.2. The minimum atomic E-state index is -0.180. The molecule has 2 bridgehead atoms. The number of fused-ring (bicyclic) bond motifs is 4. The predicted molar refractivity (Wildman–Crippen MR) is 122 cm³/mol. The van der Waals surface area contributed by atoms with Gasteiger partial charge in [-0.2, -0.15) is 0 Å². The van der Waals surface area contributed by atoms with Crippen LogP contribution in [-0.2, 0) is 29.7 Å². The molecule has 3 saturated carbocycles. The van der Waals surface area contributed by atoms with Gasteiger partial charge in [0.15, 0.2) is 0 Å². The zero-order chi connectivity index (χ0) is 21.5. The Balaban J connectivity index is 1.27. The highest BCUT2D eigenvalue weighted by molar-refractivity contribution is 5.83. The van der Waals surface area contributed by atoms with Gasteiger partial charge in [-0.15, -0.1) is 10.2 Å². The average Bonchev–Trinajstić information content (AvgIpc) is 3.17. The summed E-state index contributed by atoms with van der Waals surface area (Å²) in [5.41, 5.74) is 3.73. The van der Waals surface area contributed by atoms with E-state index >= 15 is 0 Å². The first-order valence-electron chi connectivity index (χ1n) is 12.3. The Morgan fingerprint density at radius 1 is 0.968 bits per heavy atom. The minimum absolute atomic E-state index is 0.139. The van der Waals surface area contributed by atoms with Crippen molar-refractivity contribution in [3.63, 3.8) is 0 Å². The van der Waals surface area contributed by atoms with Crippen LogP contribution in [0.3, 0.4) is 0 Å². The van der Waals surface area contributed by atoms with Gasteiger partial charge >= 0.3 is 0 Å². The number of hydrogen-bond acceptors (Lipinski definition) is 3. The van der Waals surface area contributed by atoms with E-state index in [0.717, 1.165) is 51.5 Å². The summed E-state index contributed by atoms with van der Waals surface area (Å²) in [6.45, 7) is 5.96. The van der Waals surface area contributed by atoms with E-state index in [2.05, 4.69) is 47.0 Å². The second-order valence-electron chi connectivity index (χ2n) is 10.4. The van der Waals surface area contributed by atoms with Crippen molar-refractivity contribution < 1.29 is 4.79 Å².